The smallest absolute Gasteiger partial charge is 0.174 e. The van der Waals surface area contributed by atoms with Crippen LogP contribution in [0, 0.1) is 18.3 Å². The Bertz CT molecular complexity index is 1130. The normalized spacial score (nSPS) is 10.7. The minimum absolute atomic E-state index is 0.0662. The second-order valence-electron chi connectivity index (χ2n) is 6.60. The number of benzene rings is 3. The number of nitriles is 1. The average molecular weight is 352 g/mol. The molecule has 132 valence electrons. The van der Waals surface area contributed by atoms with Crippen LogP contribution < -0.4 is 4.74 Å². The van der Waals surface area contributed by atoms with Crippen LogP contribution in [-0.2, 0) is 7.05 Å². The first-order chi connectivity index (χ1) is 13.2. The predicted octanol–water partition coefficient (Wildman–Crippen LogP) is 5.72. The molecule has 0 bridgehead atoms. The monoisotopic (exact) mass is 352 g/mol. The zero-order valence-electron chi connectivity index (χ0n) is 15.4. The average Bonchev–Trinajstić information content (AvgIpc) is 2.97. The van der Waals surface area contributed by atoms with Crippen LogP contribution in [0.25, 0.3) is 33.3 Å². The van der Waals surface area contributed by atoms with Crippen molar-refractivity contribution in [2.24, 2.45) is 7.05 Å². The summed E-state index contributed by atoms with van der Waals surface area (Å²) in [5, 5.41) is 9.88. The van der Waals surface area contributed by atoms with Gasteiger partial charge < -0.3 is 9.30 Å². The van der Waals surface area contributed by atoms with Gasteiger partial charge in [0.2, 0.25) is 0 Å². The van der Waals surface area contributed by atoms with Crippen LogP contribution in [0.5, 0.6) is 5.75 Å². The van der Waals surface area contributed by atoms with E-state index in [2.05, 4.69) is 61.0 Å². The number of hydrogen-bond donors (Lipinski definition) is 0. The summed E-state index contributed by atoms with van der Waals surface area (Å²) in [4.78, 5) is 0. The van der Waals surface area contributed by atoms with Crippen LogP contribution in [0.3, 0.4) is 0 Å². The standard InChI is InChI=1S/C24H20N2O/c1-17-22-16-20(18-8-11-21(12-9-18)27-15-14-25)10-13-23(22)26(2)24(17)19-6-4-3-5-7-19/h3-13,16H,15H2,1-2H3. The highest BCUT2D eigenvalue weighted by Crippen LogP contribution is 2.35. The third-order valence-electron chi connectivity index (χ3n) is 4.99. The Morgan fingerprint density at radius 3 is 2.30 bits per heavy atom. The van der Waals surface area contributed by atoms with Gasteiger partial charge in [-0.3, -0.25) is 0 Å². The molecule has 1 heterocycles. The number of nitrogens with zero attached hydrogens (tertiary/aromatic N) is 2. The Kier molecular flexibility index (Phi) is 4.40. The molecule has 0 N–H and O–H groups in total. The lowest BCUT2D eigenvalue weighted by atomic mass is 10.0. The Balaban J connectivity index is 1.77. The highest BCUT2D eigenvalue weighted by molar-refractivity contribution is 5.94. The molecule has 0 atom stereocenters. The zero-order chi connectivity index (χ0) is 18.8. The van der Waals surface area contributed by atoms with Crippen LogP contribution in [0.2, 0.25) is 0 Å². The maximum absolute atomic E-state index is 8.62. The Hall–Kier alpha value is -3.51. The molecule has 3 aromatic carbocycles. The third kappa shape index (κ3) is 3.07. The molecular weight excluding hydrogens is 332 g/mol. The van der Waals surface area contributed by atoms with Crippen molar-refractivity contribution in [2.45, 2.75) is 6.92 Å². The van der Waals surface area contributed by atoms with Crippen molar-refractivity contribution in [3.8, 4) is 34.2 Å². The lowest BCUT2D eigenvalue weighted by Crippen LogP contribution is -1.92. The van der Waals surface area contributed by atoms with Gasteiger partial charge in [0.1, 0.15) is 11.8 Å². The molecule has 3 heteroatoms. The van der Waals surface area contributed by atoms with E-state index in [1.807, 2.05) is 36.4 Å². The SMILES string of the molecule is Cc1c(-c2ccccc2)n(C)c2ccc(-c3ccc(OCC#N)cc3)cc12. The fourth-order valence-corrected chi connectivity index (χ4v) is 3.67. The molecule has 0 aliphatic carbocycles. The minimum Gasteiger partial charge on any atom is -0.479 e. The van der Waals surface area contributed by atoms with Crippen molar-refractivity contribution in [2.75, 3.05) is 6.61 Å². The number of hydrogen-bond acceptors (Lipinski definition) is 2. The number of rotatable bonds is 4. The van der Waals surface area contributed by atoms with E-state index in [4.69, 9.17) is 10.00 Å². The van der Waals surface area contributed by atoms with Gasteiger partial charge in [0.15, 0.2) is 6.61 Å². The minimum atomic E-state index is 0.0662. The number of aryl methyl sites for hydroxylation is 2. The van der Waals surface area contributed by atoms with Gasteiger partial charge in [0.05, 0.1) is 5.69 Å². The van der Waals surface area contributed by atoms with Gasteiger partial charge in [-0.1, -0.05) is 48.5 Å². The van der Waals surface area contributed by atoms with Crippen molar-refractivity contribution >= 4 is 10.9 Å². The second kappa shape index (κ2) is 7.01. The van der Waals surface area contributed by atoms with Crippen molar-refractivity contribution in [1.82, 2.24) is 4.57 Å². The van der Waals surface area contributed by atoms with E-state index in [-0.39, 0.29) is 6.61 Å². The van der Waals surface area contributed by atoms with E-state index in [9.17, 15) is 0 Å². The highest BCUT2D eigenvalue weighted by Gasteiger charge is 2.14. The second-order valence-corrected chi connectivity index (χ2v) is 6.60. The molecule has 0 saturated heterocycles. The van der Waals surface area contributed by atoms with Crippen molar-refractivity contribution in [1.29, 1.82) is 5.26 Å². The molecule has 0 spiro atoms. The summed E-state index contributed by atoms with van der Waals surface area (Å²) in [6, 6.07) is 27.0. The summed E-state index contributed by atoms with van der Waals surface area (Å²) in [7, 11) is 2.12. The molecule has 1 aromatic heterocycles. The van der Waals surface area contributed by atoms with Gasteiger partial charge in [-0.15, -0.1) is 0 Å². The molecule has 3 nitrogen and oxygen atoms in total. The van der Waals surface area contributed by atoms with E-state index < -0.39 is 0 Å². The molecule has 0 aliphatic rings. The molecule has 0 fully saturated rings. The lowest BCUT2D eigenvalue weighted by molar-refractivity contribution is 0.368. The van der Waals surface area contributed by atoms with E-state index in [0.717, 1.165) is 5.56 Å². The first-order valence-electron chi connectivity index (χ1n) is 8.93. The van der Waals surface area contributed by atoms with E-state index >= 15 is 0 Å². The van der Waals surface area contributed by atoms with Gasteiger partial charge in [0.25, 0.3) is 0 Å². The van der Waals surface area contributed by atoms with Crippen LogP contribution in [0.4, 0.5) is 0 Å². The highest BCUT2D eigenvalue weighted by atomic mass is 16.5. The lowest BCUT2D eigenvalue weighted by Gasteiger charge is -2.06. The maximum atomic E-state index is 8.62. The summed E-state index contributed by atoms with van der Waals surface area (Å²) < 4.78 is 7.61. The van der Waals surface area contributed by atoms with Gasteiger partial charge >= 0.3 is 0 Å². The van der Waals surface area contributed by atoms with Crippen LogP contribution in [-0.4, -0.2) is 11.2 Å². The van der Waals surface area contributed by atoms with E-state index in [1.165, 1.54) is 33.3 Å². The molecule has 0 radical (unpaired) electrons. The molecule has 0 aliphatic heterocycles. The van der Waals surface area contributed by atoms with Crippen molar-refractivity contribution in [3.05, 3.63) is 78.4 Å². The Labute approximate surface area is 159 Å². The summed E-state index contributed by atoms with van der Waals surface area (Å²) in [5.74, 6) is 0.712. The van der Waals surface area contributed by atoms with Crippen LogP contribution in [0.15, 0.2) is 72.8 Å². The van der Waals surface area contributed by atoms with Crippen LogP contribution >= 0.6 is 0 Å². The van der Waals surface area contributed by atoms with E-state index in [1.54, 1.807) is 0 Å². The summed E-state index contributed by atoms with van der Waals surface area (Å²) in [6.07, 6.45) is 0. The van der Waals surface area contributed by atoms with Gasteiger partial charge in [-0.2, -0.15) is 5.26 Å². The number of ether oxygens (including phenoxy) is 1. The predicted molar refractivity (Wildman–Crippen MR) is 110 cm³/mol. The number of fused-ring (bicyclic) bond motifs is 1. The Morgan fingerprint density at radius 1 is 0.889 bits per heavy atom. The molecule has 0 saturated carbocycles. The topological polar surface area (TPSA) is 38.0 Å². The molecule has 27 heavy (non-hydrogen) atoms. The Morgan fingerprint density at radius 2 is 1.59 bits per heavy atom. The van der Waals surface area contributed by atoms with Crippen molar-refractivity contribution < 1.29 is 4.74 Å². The summed E-state index contributed by atoms with van der Waals surface area (Å²) in [5.41, 5.74) is 7.30. The van der Waals surface area contributed by atoms with Crippen molar-refractivity contribution in [3.63, 3.8) is 0 Å². The van der Waals surface area contributed by atoms with Gasteiger partial charge in [-0.25, -0.2) is 0 Å². The largest absolute Gasteiger partial charge is 0.479 e. The molecule has 0 amide bonds. The zero-order valence-corrected chi connectivity index (χ0v) is 15.4. The third-order valence-corrected chi connectivity index (χ3v) is 4.99. The number of aromatic nitrogens is 1. The molecule has 4 rings (SSSR count). The first-order valence-corrected chi connectivity index (χ1v) is 8.93. The fourth-order valence-electron chi connectivity index (χ4n) is 3.67. The molecular formula is C24H20N2O. The van der Waals surface area contributed by atoms with E-state index in [0.29, 0.717) is 5.75 Å². The quantitative estimate of drug-likeness (QED) is 0.471. The maximum Gasteiger partial charge on any atom is 0.174 e. The summed E-state index contributed by atoms with van der Waals surface area (Å²) in [6.45, 7) is 2.25. The first kappa shape index (κ1) is 16.9. The van der Waals surface area contributed by atoms with Gasteiger partial charge in [-0.05, 0) is 53.4 Å². The molecule has 4 aromatic rings. The van der Waals surface area contributed by atoms with Crippen LogP contribution in [0.1, 0.15) is 5.56 Å². The summed E-state index contributed by atoms with van der Waals surface area (Å²) >= 11 is 0. The van der Waals surface area contributed by atoms with Gasteiger partial charge in [0, 0.05) is 18.0 Å². The fraction of sp³-hybridized carbons (Fsp3) is 0.125. The molecule has 0 unspecified atom stereocenters.